The van der Waals surface area contributed by atoms with Gasteiger partial charge in [0, 0.05) is 23.8 Å². The smallest absolute Gasteiger partial charge is 0.227 e. The fraction of sp³-hybridized carbons (Fsp3) is 0.750. The van der Waals surface area contributed by atoms with Gasteiger partial charge in [-0.1, -0.05) is 20.8 Å². The number of rotatable bonds is 4. The molecule has 1 unspecified atom stereocenters. The fourth-order valence-corrected chi connectivity index (χ4v) is 3.20. The summed E-state index contributed by atoms with van der Waals surface area (Å²) in [6.45, 7) is 11.6. The average molecular weight is 277 g/mol. The van der Waals surface area contributed by atoms with E-state index >= 15 is 0 Å². The van der Waals surface area contributed by atoms with E-state index in [0.717, 1.165) is 42.8 Å². The van der Waals surface area contributed by atoms with E-state index in [-0.39, 0.29) is 11.3 Å². The number of likely N-dealkylation sites (tertiary alicyclic amines) is 1. The van der Waals surface area contributed by atoms with Crippen LogP contribution in [0, 0.1) is 19.3 Å². The molecule has 0 bridgehead atoms. The summed E-state index contributed by atoms with van der Waals surface area (Å²) >= 11 is 0. The van der Waals surface area contributed by atoms with Crippen LogP contribution < -0.4 is 0 Å². The Balaban J connectivity index is 2.13. The first kappa shape index (κ1) is 15.1. The molecule has 0 aliphatic carbocycles. The molecule has 1 aliphatic heterocycles. The molecule has 1 fully saturated rings. The van der Waals surface area contributed by atoms with E-state index in [1.165, 1.54) is 0 Å². The van der Waals surface area contributed by atoms with Crippen molar-refractivity contribution in [2.45, 2.75) is 66.3 Å². The Morgan fingerprint density at radius 1 is 1.45 bits per heavy atom. The van der Waals surface area contributed by atoms with E-state index in [1.54, 1.807) is 0 Å². The molecule has 1 atom stereocenters. The monoisotopic (exact) mass is 277 g/mol. The van der Waals surface area contributed by atoms with Crippen molar-refractivity contribution in [3.63, 3.8) is 0 Å². The number of carbonyl (C=O) groups is 1. The second kappa shape index (κ2) is 5.58. The maximum absolute atomic E-state index is 12.7. The third-order valence-electron chi connectivity index (χ3n) is 5.00. The SMILES string of the molecule is CCC(C)(C)C1CCCN1C(=O)Cc1c(C)n[nH]c1C. The zero-order valence-electron chi connectivity index (χ0n) is 13.4. The zero-order chi connectivity index (χ0) is 14.9. The molecule has 0 saturated carbocycles. The number of amides is 1. The minimum Gasteiger partial charge on any atom is -0.339 e. The molecule has 0 radical (unpaired) electrons. The highest BCUT2D eigenvalue weighted by Crippen LogP contribution is 2.36. The van der Waals surface area contributed by atoms with Gasteiger partial charge < -0.3 is 4.90 Å². The standard InChI is InChI=1S/C16H27N3O/c1-6-16(4,5)14-8-7-9-19(14)15(20)10-13-11(2)17-18-12(13)3/h14H,6-10H2,1-5H3,(H,17,18). The third-order valence-corrected chi connectivity index (χ3v) is 5.00. The van der Waals surface area contributed by atoms with E-state index in [0.29, 0.717) is 12.5 Å². The predicted octanol–water partition coefficient (Wildman–Crippen LogP) is 3.00. The van der Waals surface area contributed by atoms with Crippen LogP contribution in [0.3, 0.4) is 0 Å². The van der Waals surface area contributed by atoms with Crippen LogP contribution in [0.1, 0.15) is 57.0 Å². The summed E-state index contributed by atoms with van der Waals surface area (Å²) < 4.78 is 0. The Bertz CT molecular complexity index is 470. The van der Waals surface area contributed by atoms with Gasteiger partial charge in [0.05, 0.1) is 12.1 Å². The van der Waals surface area contributed by atoms with E-state index in [4.69, 9.17) is 0 Å². The molecule has 1 saturated heterocycles. The van der Waals surface area contributed by atoms with Gasteiger partial charge in [-0.25, -0.2) is 0 Å². The lowest BCUT2D eigenvalue weighted by Crippen LogP contribution is -2.44. The molecule has 2 rings (SSSR count). The normalized spacial score (nSPS) is 19.6. The number of H-pyrrole nitrogens is 1. The molecule has 4 nitrogen and oxygen atoms in total. The highest BCUT2D eigenvalue weighted by molar-refractivity contribution is 5.80. The van der Waals surface area contributed by atoms with Gasteiger partial charge in [0.25, 0.3) is 0 Å². The van der Waals surface area contributed by atoms with Gasteiger partial charge in [-0.2, -0.15) is 5.10 Å². The van der Waals surface area contributed by atoms with Gasteiger partial charge in [0.15, 0.2) is 0 Å². The van der Waals surface area contributed by atoms with Crippen LogP contribution in [-0.2, 0) is 11.2 Å². The Labute approximate surface area is 121 Å². The van der Waals surface area contributed by atoms with Gasteiger partial charge in [-0.15, -0.1) is 0 Å². The van der Waals surface area contributed by atoms with Crippen molar-refractivity contribution < 1.29 is 4.79 Å². The number of aromatic nitrogens is 2. The second-order valence-electron chi connectivity index (χ2n) is 6.68. The van der Waals surface area contributed by atoms with Crippen LogP contribution >= 0.6 is 0 Å². The van der Waals surface area contributed by atoms with Gasteiger partial charge in [0.1, 0.15) is 0 Å². The summed E-state index contributed by atoms with van der Waals surface area (Å²) in [6.07, 6.45) is 3.84. The number of nitrogens with zero attached hydrogens (tertiary/aromatic N) is 2. The summed E-state index contributed by atoms with van der Waals surface area (Å²) in [5.41, 5.74) is 3.23. The van der Waals surface area contributed by atoms with E-state index in [9.17, 15) is 4.79 Å². The number of aryl methyl sites for hydroxylation is 2. The number of hydrogen-bond acceptors (Lipinski definition) is 2. The molecule has 2 heterocycles. The van der Waals surface area contributed by atoms with E-state index in [2.05, 4.69) is 35.9 Å². The predicted molar refractivity (Wildman–Crippen MR) is 80.6 cm³/mol. The Morgan fingerprint density at radius 2 is 2.15 bits per heavy atom. The lowest BCUT2D eigenvalue weighted by molar-refractivity contribution is -0.133. The molecule has 4 heteroatoms. The molecular weight excluding hydrogens is 250 g/mol. The molecule has 0 aromatic carbocycles. The molecule has 112 valence electrons. The maximum atomic E-state index is 12.7. The molecule has 20 heavy (non-hydrogen) atoms. The van der Waals surface area contributed by atoms with E-state index in [1.807, 2.05) is 13.8 Å². The number of nitrogens with one attached hydrogen (secondary N) is 1. The van der Waals surface area contributed by atoms with Crippen molar-refractivity contribution in [1.82, 2.24) is 15.1 Å². The van der Waals surface area contributed by atoms with Gasteiger partial charge >= 0.3 is 0 Å². The molecule has 1 aliphatic rings. The van der Waals surface area contributed by atoms with Gasteiger partial charge in [-0.3, -0.25) is 9.89 Å². The van der Waals surface area contributed by atoms with Crippen LogP contribution in [0.2, 0.25) is 0 Å². The highest BCUT2D eigenvalue weighted by Gasteiger charge is 2.38. The minimum atomic E-state index is 0.201. The molecule has 1 N–H and O–H groups in total. The quantitative estimate of drug-likeness (QED) is 0.919. The van der Waals surface area contributed by atoms with Crippen molar-refractivity contribution in [1.29, 1.82) is 0 Å². The summed E-state index contributed by atoms with van der Waals surface area (Å²) in [7, 11) is 0. The van der Waals surface area contributed by atoms with Crippen molar-refractivity contribution in [3.05, 3.63) is 17.0 Å². The third kappa shape index (κ3) is 2.74. The molecule has 0 spiro atoms. The number of carbonyl (C=O) groups excluding carboxylic acids is 1. The first-order valence-electron chi connectivity index (χ1n) is 7.66. The van der Waals surface area contributed by atoms with Crippen molar-refractivity contribution >= 4 is 5.91 Å². The number of aromatic amines is 1. The Hall–Kier alpha value is -1.32. The summed E-state index contributed by atoms with van der Waals surface area (Å²) in [4.78, 5) is 14.8. The topological polar surface area (TPSA) is 49.0 Å². The van der Waals surface area contributed by atoms with Crippen molar-refractivity contribution in [2.75, 3.05) is 6.54 Å². The molecule has 1 aromatic rings. The van der Waals surface area contributed by atoms with Crippen LogP contribution in [0.4, 0.5) is 0 Å². The summed E-state index contributed by atoms with van der Waals surface area (Å²) in [6, 6.07) is 0.382. The first-order valence-corrected chi connectivity index (χ1v) is 7.66. The summed E-state index contributed by atoms with van der Waals surface area (Å²) in [5.74, 6) is 0.252. The molecule has 1 aromatic heterocycles. The lowest BCUT2D eigenvalue weighted by atomic mass is 9.80. The highest BCUT2D eigenvalue weighted by atomic mass is 16.2. The Kier molecular flexibility index (Phi) is 4.21. The van der Waals surface area contributed by atoms with E-state index < -0.39 is 0 Å². The molecular formula is C16H27N3O. The van der Waals surface area contributed by atoms with Crippen LogP contribution in [0.15, 0.2) is 0 Å². The zero-order valence-corrected chi connectivity index (χ0v) is 13.4. The van der Waals surface area contributed by atoms with Crippen LogP contribution in [-0.4, -0.2) is 33.6 Å². The van der Waals surface area contributed by atoms with Gasteiger partial charge in [-0.05, 0) is 38.5 Å². The van der Waals surface area contributed by atoms with Crippen LogP contribution in [0.5, 0.6) is 0 Å². The number of hydrogen-bond donors (Lipinski definition) is 1. The molecule has 1 amide bonds. The maximum Gasteiger partial charge on any atom is 0.227 e. The van der Waals surface area contributed by atoms with Crippen molar-refractivity contribution in [3.8, 4) is 0 Å². The first-order chi connectivity index (χ1) is 9.36. The fourth-order valence-electron chi connectivity index (χ4n) is 3.20. The van der Waals surface area contributed by atoms with Crippen LogP contribution in [0.25, 0.3) is 0 Å². The largest absolute Gasteiger partial charge is 0.339 e. The second-order valence-corrected chi connectivity index (χ2v) is 6.68. The van der Waals surface area contributed by atoms with Crippen molar-refractivity contribution in [2.24, 2.45) is 5.41 Å². The summed E-state index contributed by atoms with van der Waals surface area (Å²) in [5, 5.41) is 7.15. The average Bonchev–Trinajstić information content (AvgIpc) is 3.01. The van der Waals surface area contributed by atoms with Gasteiger partial charge in [0.2, 0.25) is 5.91 Å². The Morgan fingerprint density at radius 3 is 2.70 bits per heavy atom. The minimum absolute atomic E-state index is 0.201. The lowest BCUT2D eigenvalue weighted by Gasteiger charge is -2.37.